The van der Waals surface area contributed by atoms with E-state index < -0.39 is 0 Å². The highest BCUT2D eigenvalue weighted by Gasteiger charge is 2.38. The van der Waals surface area contributed by atoms with Gasteiger partial charge < -0.3 is 0 Å². The van der Waals surface area contributed by atoms with Gasteiger partial charge >= 0.3 is 0 Å². The van der Waals surface area contributed by atoms with Crippen molar-refractivity contribution in [3.05, 3.63) is 74.7 Å². The van der Waals surface area contributed by atoms with Gasteiger partial charge in [0.1, 0.15) is 4.32 Å². The molecule has 2 aromatic rings. The van der Waals surface area contributed by atoms with E-state index in [-0.39, 0.29) is 5.91 Å². The SMILES string of the molecule is CCN1C(=O)C(=Cc2cc(C)c3c(c2)C2CCCC2C(Cc2ccc(C)cc2)CC3)SC1=S. The fraction of sp³-hybridized carbons (Fsp3) is 0.448. The summed E-state index contributed by atoms with van der Waals surface area (Å²) in [6.07, 6.45) is 9.68. The van der Waals surface area contributed by atoms with Crippen LogP contribution in [0.1, 0.15) is 71.9 Å². The molecule has 2 fully saturated rings. The van der Waals surface area contributed by atoms with Crippen LogP contribution in [0, 0.1) is 25.7 Å². The Kier molecular flexibility index (Phi) is 6.50. The van der Waals surface area contributed by atoms with Gasteiger partial charge in [0.15, 0.2) is 0 Å². The fourth-order valence-electron chi connectivity index (χ4n) is 6.32. The number of thioether (sulfide) groups is 1. The van der Waals surface area contributed by atoms with Crippen molar-refractivity contribution in [1.82, 2.24) is 4.90 Å². The predicted molar refractivity (Wildman–Crippen MR) is 144 cm³/mol. The molecule has 172 valence electrons. The Morgan fingerprint density at radius 3 is 2.64 bits per heavy atom. The average molecular weight is 476 g/mol. The number of likely N-dealkylation sites (N-methyl/N-ethyl adjacent to an activating group) is 1. The zero-order valence-electron chi connectivity index (χ0n) is 19.9. The van der Waals surface area contributed by atoms with E-state index in [9.17, 15) is 4.79 Å². The monoisotopic (exact) mass is 475 g/mol. The summed E-state index contributed by atoms with van der Waals surface area (Å²) in [5, 5.41) is 0. The Labute approximate surface area is 207 Å². The average Bonchev–Trinajstić information content (AvgIpc) is 3.33. The molecule has 1 heterocycles. The van der Waals surface area contributed by atoms with Crippen LogP contribution < -0.4 is 0 Å². The van der Waals surface area contributed by atoms with Gasteiger partial charge in [0.05, 0.1) is 4.91 Å². The standard InChI is InChI=1S/C29H33NOS2/c1-4-30-28(31)27(33-29(30)32)17-21-14-19(3)23-13-12-22(15-20-10-8-18(2)9-11-20)24-6-5-7-25(24)26(23)16-21/h8-11,14,16-17,22,24-25H,4-7,12-13,15H2,1-3H3. The van der Waals surface area contributed by atoms with Crippen LogP contribution in [0.15, 0.2) is 41.3 Å². The van der Waals surface area contributed by atoms with E-state index in [2.05, 4.69) is 56.3 Å². The number of hydrogen-bond acceptors (Lipinski definition) is 3. The number of carbonyl (C=O) groups is 1. The van der Waals surface area contributed by atoms with Crippen LogP contribution in [0.3, 0.4) is 0 Å². The van der Waals surface area contributed by atoms with Crippen molar-refractivity contribution >= 4 is 40.3 Å². The molecule has 3 aliphatic rings. The molecule has 2 aromatic carbocycles. The summed E-state index contributed by atoms with van der Waals surface area (Å²) in [5.41, 5.74) is 8.48. The number of nitrogens with zero attached hydrogens (tertiary/aromatic N) is 1. The van der Waals surface area contributed by atoms with Gasteiger partial charge in [-0.25, -0.2) is 0 Å². The molecule has 0 aromatic heterocycles. The molecule has 2 aliphatic carbocycles. The highest BCUT2D eigenvalue weighted by Crippen LogP contribution is 2.50. The minimum Gasteiger partial charge on any atom is -0.293 e. The number of amides is 1. The molecule has 1 amide bonds. The van der Waals surface area contributed by atoms with Gasteiger partial charge in [-0.05, 0) is 105 Å². The van der Waals surface area contributed by atoms with Crippen LogP contribution >= 0.6 is 24.0 Å². The van der Waals surface area contributed by atoms with Crippen LogP contribution in [0.4, 0.5) is 0 Å². The maximum Gasteiger partial charge on any atom is 0.266 e. The summed E-state index contributed by atoms with van der Waals surface area (Å²) in [5.74, 6) is 2.21. The number of benzene rings is 2. The molecule has 0 radical (unpaired) electrons. The Morgan fingerprint density at radius 2 is 1.91 bits per heavy atom. The van der Waals surface area contributed by atoms with Crippen LogP contribution in [0.5, 0.6) is 0 Å². The molecule has 1 saturated carbocycles. The number of thiocarbonyl (C=S) groups is 1. The van der Waals surface area contributed by atoms with Crippen LogP contribution in [-0.4, -0.2) is 21.7 Å². The minimum atomic E-state index is 0.0528. The highest BCUT2D eigenvalue weighted by atomic mass is 32.2. The quantitative estimate of drug-likeness (QED) is 0.344. The lowest BCUT2D eigenvalue weighted by atomic mass is 9.77. The van der Waals surface area contributed by atoms with Gasteiger partial charge in [-0.15, -0.1) is 0 Å². The minimum absolute atomic E-state index is 0.0528. The van der Waals surface area contributed by atoms with Crippen molar-refractivity contribution < 1.29 is 4.79 Å². The normalized spacial score (nSPS) is 26.0. The van der Waals surface area contributed by atoms with Crippen molar-refractivity contribution in [3.8, 4) is 0 Å². The van der Waals surface area contributed by atoms with Crippen molar-refractivity contribution in [2.45, 2.75) is 65.2 Å². The summed E-state index contributed by atoms with van der Waals surface area (Å²) in [6.45, 7) is 7.04. The van der Waals surface area contributed by atoms with Gasteiger partial charge in [0, 0.05) is 6.54 Å². The largest absolute Gasteiger partial charge is 0.293 e. The van der Waals surface area contributed by atoms with Crippen molar-refractivity contribution in [2.24, 2.45) is 11.8 Å². The van der Waals surface area contributed by atoms with Crippen molar-refractivity contribution in [2.75, 3.05) is 6.54 Å². The Morgan fingerprint density at radius 1 is 1.12 bits per heavy atom. The van der Waals surface area contributed by atoms with E-state index in [0.717, 1.165) is 22.3 Å². The summed E-state index contributed by atoms with van der Waals surface area (Å²) in [6, 6.07) is 13.8. The Hall–Kier alpha value is -1.91. The Bertz CT molecular complexity index is 1120. The maximum atomic E-state index is 12.7. The first-order valence-corrected chi connectivity index (χ1v) is 13.6. The fourth-order valence-corrected chi connectivity index (χ4v) is 7.70. The molecule has 5 rings (SSSR count). The third-order valence-electron chi connectivity index (χ3n) is 7.98. The molecule has 2 nitrogen and oxygen atoms in total. The molecule has 1 saturated heterocycles. The number of aryl methyl sites for hydroxylation is 2. The zero-order valence-corrected chi connectivity index (χ0v) is 21.5. The molecular weight excluding hydrogens is 442 g/mol. The van der Waals surface area contributed by atoms with Crippen LogP contribution in [0.25, 0.3) is 6.08 Å². The lowest BCUT2D eigenvalue weighted by Crippen LogP contribution is -2.27. The summed E-state index contributed by atoms with van der Waals surface area (Å²) < 4.78 is 0.676. The van der Waals surface area contributed by atoms with Gasteiger partial charge in [-0.3, -0.25) is 9.69 Å². The first kappa shape index (κ1) is 22.9. The smallest absolute Gasteiger partial charge is 0.266 e. The summed E-state index contributed by atoms with van der Waals surface area (Å²) in [4.78, 5) is 15.2. The molecule has 0 N–H and O–H groups in total. The van der Waals surface area contributed by atoms with Gasteiger partial charge in [0.2, 0.25) is 0 Å². The van der Waals surface area contributed by atoms with E-state index >= 15 is 0 Å². The lowest BCUT2D eigenvalue weighted by Gasteiger charge is -2.27. The Balaban J connectivity index is 1.45. The second kappa shape index (κ2) is 9.38. The summed E-state index contributed by atoms with van der Waals surface area (Å²) >= 11 is 6.85. The molecule has 0 bridgehead atoms. The number of hydrogen-bond donors (Lipinski definition) is 0. The molecule has 33 heavy (non-hydrogen) atoms. The molecule has 4 heteroatoms. The third-order valence-corrected chi connectivity index (χ3v) is 9.35. The van der Waals surface area contributed by atoms with E-state index in [4.69, 9.17) is 12.2 Å². The van der Waals surface area contributed by atoms with E-state index in [0.29, 0.717) is 16.8 Å². The maximum absolute atomic E-state index is 12.7. The van der Waals surface area contributed by atoms with Crippen LogP contribution in [-0.2, 0) is 17.6 Å². The molecule has 0 spiro atoms. The van der Waals surface area contributed by atoms with E-state index in [1.807, 2.05) is 6.92 Å². The molecule has 3 unspecified atom stereocenters. The first-order chi connectivity index (χ1) is 15.9. The van der Waals surface area contributed by atoms with Gasteiger partial charge in [-0.2, -0.15) is 0 Å². The summed E-state index contributed by atoms with van der Waals surface area (Å²) in [7, 11) is 0. The van der Waals surface area contributed by atoms with Gasteiger partial charge in [-0.1, -0.05) is 72.4 Å². The molecular formula is C29H33NOS2. The number of rotatable bonds is 4. The zero-order chi connectivity index (χ0) is 23.1. The van der Waals surface area contributed by atoms with Gasteiger partial charge in [0.25, 0.3) is 5.91 Å². The topological polar surface area (TPSA) is 20.3 Å². The highest BCUT2D eigenvalue weighted by molar-refractivity contribution is 8.26. The second-order valence-corrected chi connectivity index (χ2v) is 11.7. The predicted octanol–water partition coefficient (Wildman–Crippen LogP) is 7.21. The lowest BCUT2D eigenvalue weighted by molar-refractivity contribution is -0.121. The van der Waals surface area contributed by atoms with E-state index in [1.165, 1.54) is 67.0 Å². The molecule has 1 aliphatic heterocycles. The van der Waals surface area contributed by atoms with E-state index in [1.54, 1.807) is 16.0 Å². The first-order valence-electron chi connectivity index (χ1n) is 12.4. The third kappa shape index (κ3) is 4.44. The number of fused-ring (bicyclic) bond motifs is 3. The van der Waals surface area contributed by atoms with Crippen LogP contribution in [0.2, 0.25) is 0 Å². The second-order valence-electron chi connectivity index (χ2n) is 10.0. The van der Waals surface area contributed by atoms with Crippen molar-refractivity contribution in [3.63, 3.8) is 0 Å². The van der Waals surface area contributed by atoms with Crippen molar-refractivity contribution in [1.29, 1.82) is 0 Å². The molecule has 3 atom stereocenters. The number of carbonyl (C=O) groups excluding carboxylic acids is 1.